The highest BCUT2D eigenvalue weighted by Crippen LogP contribution is 2.21. The topological polar surface area (TPSA) is 9.23 Å². The summed E-state index contributed by atoms with van der Waals surface area (Å²) in [5.74, 6) is 0.486. The van der Waals surface area contributed by atoms with Crippen molar-refractivity contribution in [1.82, 2.24) is 0 Å². The van der Waals surface area contributed by atoms with Crippen molar-refractivity contribution in [3.05, 3.63) is 39.9 Å². The Labute approximate surface area is 109 Å². The summed E-state index contributed by atoms with van der Waals surface area (Å²) in [5.41, 5.74) is 3.72. The van der Waals surface area contributed by atoms with Gasteiger partial charge in [-0.1, -0.05) is 37.6 Å². The van der Waals surface area contributed by atoms with E-state index >= 15 is 0 Å². The third-order valence-electron chi connectivity index (χ3n) is 2.80. The predicted octanol–water partition coefficient (Wildman–Crippen LogP) is 4.72. The van der Waals surface area contributed by atoms with Gasteiger partial charge in [0, 0.05) is 11.6 Å². The zero-order chi connectivity index (χ0) is 12.8. The van der Waals surface area contributed by atoms with Crippen molar-refractivity contribution in [1.29, 1.82) is 0 Å². The number of rotatable bonds is 5. The number of halogens is 1. The molecular weight excluding hydrogens is 232 g/mol. The second-order valence-corrected chi connectivity index (χ2v) is 4.95. The summed E-state index contributed by atoms with van der Waals surface area (Å²) in [7, 11) is 0. The van der Waals surface area contributed by atoms with E-state index in [2.05, 4.69) is 26.8 Å². The molecule has 1 nitrogen and oxygen atoms in total. The fourth-order valence-corrected chi connectivity index (χ4v) is 1.74. The van der Waals surface area contributed by atoms with Gasteiger partial charge in [-0.2, -0.15) is 0 Å². The molecule has 0 bridgehead atoms. The highest BCUT2D eigenvalue weighted by molar-refractivity contribution is 6.30. The minimum Gasteiger partial charge on any atom is -0.377 e. The van der Waals surface area contributed by atoms with Crippen molar-refractivity contribution in [2.75, 3.05) is 13.2 Å². The summed E-state index contributed by atoms with van der Waals surface area (Å²) < 4.78 is 5.50. The average molecular weight is 253 g/mol. The molecule has 17 heavy (non-hydrogen) atoms. The summed E-state index contributed by atoms with van der Waals surface area (Å²) in [5, 5.41) is 0.779. The van der Waals surface area contributed by atoms with E-state index in [0.29, 0.717) is 12.5 Å². The number of ether oxygens (including phenoxy) is 1. The maximum atomic E-state index is 6.02. The molecule has 0 saturated heterocycles. The third-order valence-corrected chi connectivity index (χ3v) is 3.03. The largest absolute Gasteiger partial charge is 0.377 e. The summed E-state index contributed by atoms with van der Waals surface area (Å²) in [6, 6.07) is 5.98. The molecular formula is C15H21ClO. The fourth-order valence-electron chi connectivity index (χ4n) is 1.56. The minimum absolute atomic E-state index is 0.486. The van der Waals surface area contributed by atoms with E-state index in [4.69, 9.17) is 16.3 Å². The normalized spacial score (nSPS) is 12.2. The van der Waals surface area contributed by atoms with Gasteiger partial charge in [-0.3, -0.25) is 0 Å². The molecule has 0 aliphatic rings. The van der Waals surface area contributed by atoms with Gasteiger partial charge in [0.05, 0.1) is 6.61 Å². The van der Waals surface area contributed by atoms with Crippen LogP contribution < -0.4 is 0 Å². The molecule has 0 unspecified atom stereocenters. The summed E-state index contributed by atoms with van der Waals surface area (Å²) in [4.78, 5) is 0. The van der Waals surface area contributed by atoms with Crippen LogP contribution in [0.1, 0.15) is 31.9 Å². The molecule has 0 aliphatic heterocycles. The van der Waals surface area contributed by atoms with Crippen LogP contribution in [0.25, 0.3) is 6.08 Å². The second-order valence-electron chi connectivity index (χ2n) is 4.51. The first-order valence-electron chi connectivity index (χ1n) is 6.09. The van der Waals surface area contributed by atoms with Crippen molar-refractivity contribution in [3.63, 3.8) is 0 Å². The molecule has 1 aromatic rings. The van der Waals surface area contributed by atoms with Gasteiger partial charge in [0.2, 0.25) is 0 Å². The second kappa shape index (κ2) is 6.83. The van der Waals surface area contributed by atoms with Gasteiger partial charge in [-0.15, -0.1) is 0 Å². The molecule has 0 spiro atoms. The van der Waals surface area contributed by atoms with Crippen LogP contribution in [0.15, 0.2) is 23.8 Å². The molecule has 0 atom stereocenters. The van der Waals surface area contributed by atoms with Crippen LogP contribution in [-0.4, -0.2) is 13.2 Å². The van der Waals surface area contributed by atoms with Crippen LogP contribution >= 0.6 is 11.6 Å². The molecule has 1 aromatic carbocycles. The Balaban J connectivity index is 2.99. The van der Waals surface area contributed by atoms with Crippen LogP contribution in [0.3, 0.4) is 0 Å². The van der Waals surface area contributed by atoms with E-state index < -0.39 is 0 Å². The van der Waals surface area contributed by atoms with Crippen molar-refractivity contribution in [2.45, 2.75) is 27.7 Å². The molecule has 94 valence electrons. The SMILES string of the molecule is CCOC/C(=C\c1cc(Cl)ccc1C)C(C)C. The smallest absolute Gasteiger partial charge is 0.0682 e. The Morgan fingerprint density at radius 2 is 2.12 bits per heavy atom. The zero-order valence-electron chi connectivity index (χ0n) is 11.1. The van der Waals surface area contributed by atoms with Crippen molar-refractivity contribution < 1.29 is 4.74 Å². The Morgan fingerprint density at radius 3 is 2.71 bits per heavy atom. The molecule has 0 aromatic heterocycles. The van der Waals surface area contributed by atoms with E-state index in [1.165, 1.54) is 16.7 Å². The van der Waals surface area contributed by atoms with E-state index in [-0.39, 0.29) is 0 Å². The lowest BCUT2D eigenvalue weighted by Crippen LogP contribution is -2.04. The predicted molar refractivity (Wildman–Crippen MR) is 75.5 cm³/mol. The first-order valence-corrected chi connectivity index (χ1v) is 6.46. The van der Waals surface area contributed by atoms with E-state index in [1.807, 2.05) is 25.1 Å². The molecule has 0 N–H and O–H groups in total. The molecule has 0 amide bonds. The van der Waals surface area contributed by atoms with Crippen LogP contribution in [0.5, 0.6) is 0 Å². The van der Waals surface area contributed by atoms with E-state index in [0.717, 1.165) is 11.6 Å². The Bertz CT molecular complexity index is 394. The molecule has 1 rings (SSSR count). The number of hydrogen-bond acceptors (Lipinski definition) is 1. The standard InChI is InChI=1S/C15H21ClO/c1-5-17-10-14(11(2)3)8-13-9-15(16)7-6-12(13)4/h6-9,11H,5,10H2,1-4H3/b14-8+. The van der Waals surface area contributed by atoms with Crippen LogP contribution in [0.4, 0.5) is 0 Å². The van der Waals surface area contributed by atoms with Crippen molar-refractivity contribution in [2.24, 2.45) is 5.92 Å². The van der Waals surface area contributed by atoms with Gasteiger partial charge < -0.3 is 4.74 Å². The van der Waals surface area contributed by atoms with Gasteiger partial charge in [-0.05, 0) is 48.6 Å². The van der Waals surface area contributed by atoms with Crippen LogP contribution in [-0.2, 0) is 4.74 Å². The highest BCUT2D eigenvalue weighted by atomic mass is 35.5. The van der Waals surface area contributed by atoms with Gasteiger partial charge in [0.25, 0.3) is 0 Å². The van der Waals surface area contributed by atoms with Gasteiger partial charge in [0.15, 0.2) is 0 Å². The first kappa shape index (κ1) is 14.3. The fraction of sp³-hybridized carbons (Fsp3) is 0.467. The van der Waals surface area contributed by atoms with Crippen LogP contribution in [0.2, 0.25) is 5.02 Å². The molecule has 0 aliphatic carbocycles. The van der Waals surface area contributed by atoms with Crippen molar-refractivity contribution in [3.8, 4) is 0 Å². The number of benzene rings is 1. The third kappa shape index (κ3) is 4.53. The monoisotopic (exact) mass is 252 g/mol. The zero-order valence-corrected chi connectivity index (χ0v) is 11.8. The lowest BCUT2D eigenvalue weighted by Gasteiger charge is -2.12. The molecule has 2 heteroatoms. The number of hydrogen-bond donors (Lipinski definition) is 0. The van der Waals surface area contributed by atoms with Crippen molar-refractivity contribution >= 4 is 17.7 Å². The lowest BCUT2D eigenvalue weighted by atomic mass is 9.99. The van der Waals surface area contributed by atoms with Gasteiger partial charge >= 0.3 is 0 Å². The molecule has 0 saturated carbocycles. The first-order chi connectivity index (χ1) is 8.04. The minimum atomic E-state index is 0.486. The van der Waals surface area contributed by atoms with Gasteiger partial charge in [0.1, 0.15) is 0 Å². The summed E-state index contributed by atoms with van der Waals surface area (Å²) in [6.07, 6.45) is 2.20. The molecule has 0 heterocycles. The lowest BCUT2D eigenvalue weighted by molar-refractivity contribution is 0.166. The number of aryl methyl sites for hydroxylation is 1. The molecule has 0 fully saturated rings. The summed E-state index contributed by atoms with van der Waals surface area (Å²) in [6.45, 7) is 9.93. The Morgan fingerprint density at radius 1 is 1.41 bits per heavy atom. The van der Waals surface area contributed by atoms with Gasteiger partial charge in [-0.25, -0.2) is 0 Å². The maximum absolute atomic E-state index is 6.02. The molecule has 0 radical (unpaired) electrons. The highest BCUT2D eigenvalue weighted by Gasteiger charge is 2.05. The maximum Gasteiger partial charge on any atom is 0.0682 e. The Hall–Kier alpha value is -0.790. The quantitative estimate of drug-likeness (QED) is 0.737. The van der Waals surface area contributed by atoms with E-state index in [1.54, 1.807) is 0 Å². The Kier molecular flexibility index (Phi) is 5.73. The average Bonchev–Trinajstić information content (AvgIpc) is 2.28. The van der Waals surface area contributed by atoms with Crippen LogP contribution in [0, 0.1) is 12.8 Å². The van der Waals surface area contributed by atoms with E-state index in [9.17, 15) is 0 Å². The summed E-state index contributed by atoms with van der Waals surface area (Å²) >= 11 is 6.02.